The quantitative estimate of drug-likeness (QED) is 0.664. The Hall–Kier alpha value is -1.63. The van der Waals surface area contributed by atoms with Gasteiger partial charge >= 0.3 is 0 Å². The number of allylic oxidation sites excluding steroid dienone is 5. The first-order chi connectivity index (χ1) is 8.58. The zero-order valence-corrected chi connectivity index (χ0v) is 11.9. The number of rotatable bonds is 5. The van der Waals surface area contributed by atoms with Gasteiger partial charge in [0.25, 0.3) is 0 Å². The molecule has 0 bridgehead atoms. The standard InChI is InChI=1S/C17H23N/c1-6-8-13(3)11-16(15(5)7-2)17-12-14(4)9-10-18-17/h6,8-12,15H,1,7H2,2-5H3/b13-8-,16-11+. The normalized spacial score (nSPS) is 14.4. The minimum atomic E-state index is 0.507. The SMILES string of the molecule is C=C/C=C(C)\C=C(\c1cc(C)ccn1)C(C)CC. The molecule has 1 aromatic heterocycles. The molecule has 1 rings (SSSR count). The van der Waals surface area contributed by atoms with Crippen molar-refractivity contribution in [1.29, 1.82) is 0 Å². The van der Waals surface area contributed by atoms with Gasteiger partial charge in [0, 0.05) is 6.20 Å². The Morgan fingerprint density at radius 2 is 2.22 bits per heavy atom. The maximum Gasteiger partial charge on any atom is 0.0667 e. The van der Waals surface area contributed by atoms with E-state index in [9.17, 15) is 0 Å². The summed E-state index contributed by atoms with van der Waals surface area (Å²) < 4.78 is 0. The Morgan fingerprint density at radius 1 is 1.50 bits per heavy atom. The highest BCUT2D eigenvalue weighted by atomic mass is 14.7. The van der Waals surface area contributed by atoms with Crippen molar-refractivity contribution in [2.45, 2.75) is 34.1 Å². The molecule has 0 saturated heterocycles. The molecule has 0 aromatic carbocycles. The molecular weight excluding hydrogens is 218 g/mol. The van der Waals surface area contributed by atoms with Gasteiger partial charge in [-0.3, -0.25) is 4.98 Å². The van der Waals surface area contributed by atoms with Crippen LogP contribution in [-0.4, -0.2) is 4.98 Å². The molecular formula is C17H23N. The van der Waals surface area contributed by atoms with E-state index in [1.54, 1.807) is 0 Å². The topological polar surface area (TPSA) is 12.9 Å². The number of nitrogens with zero attached hydrogens (tertiary/aromatic N) is 1. The van der Waals surface area contributed by atoms with E-state index in [-0.39, 0.29) is 0 Å². The van der Waals surface area contributed by atoms with Gasteiger partial charge in [-0.2, -0.15) is 0 Å². The predicted octanol–water partition coefficient (Wildman–Crippen LogP) is 4.95. The fraction of sp³-hybridized carbons (Fsp3) is 0.353. The molecule has 1 atom stereocenters. The summed E-state index contributed by atoms with van der Waals surface area (Å²) in [7, 11) is 0. The average molecular weight is 241 g/mol. The zero-order valence-electron chi connectivity index (χ0n) is 11.9. The Labute approximate surface area is 111 Å². The molecule has 1 heterocycles. The van der Waals surface area contributed by atoms with E-state index < -0.39 is 0 Å². The van der Waals surface area contributed by atoms with E-state index in [0.29, 0.717) is 5.92 Å². The Morgan fingerprint density at radius 3 is 2.78 bits per heavy atom. The first kappa shape index (κ1) is 14.4. The summed E-state index contributed by atoms with van der Waals surface area (Å²) in [5.74, 6) is 0.507. The van der Waals surface area contributed by atoms with Crippen molar-refractivity contribution in [3.05, 3.63) is 60.0 Å². The molecule has 0 aliphatic rings. The molecule has 0 aliphatic heterocycles. The van der Waals surface area contributed by atoms with Crippen molar-refractivity contribution in [3.63, 3.8) is 0 Å². The lowest BCUT2D eigenvalue weighted by Crippen LogP contribution is -2.00. The fourth-order valence-corrected chi connectivity index (χ4v) is 1.86. The van der Waals surface area contributed by atoms with Crippen LogP contribution in [0.5, 0.6) is 0 Å². The highest BCUT2D eigenvalue weighted by Gasteiger charge is 2.10. The Bertz CT molecular complexity index is 466. The molecule has 0 radical (unpaired) electrons. The minimum absolute atomic E-state index is 0.507. The highest BCUT2D eigenvalue weighted by molar-refractivity contribution is 5.67. The third kappa shape index (κ3) is 3.99. The largest absolute Gasteiger partial charge is 0.257 e. The second-order valence-electron chi connectivity index (χ2n) is 4.77. The van der Waals surface area contributed by atoms with Crippen molar-refractivity contribution >= 4 is 5.57 Å². The van der Waals surface area contributed by atoms with Crippen molar-refractivity contribution in [2.75, 3.05) is 0 Å². The molecule has 0 N–H and O–H groups in total. The van der Waals surface area contributed by atoms with Gasteiger partial charge in [-0.15, -0.1) is 0 Å². The second-order valence-corrected chi connectivity index (χ2v) is 4.77. The van der Waals surface area contributed by atoms with E-state index in [2.05, 4.69) is 51.4 Å². The summed E-state index contributed by atoms with van der Waals surface area (Å²) in [4.78, 5) is 4.50. The maximum absolute atomic E-state index is 4.50. The van der Waals surface area contributed by atoms with Gasteiger partial charge in [0.1, 0.15) is 0 Å². The molecule has 0 amide bonds. The van der Waals surface area contributed by atoms with Crippen LogP contribution >= 0.6 is 0 Å². The first-order valence-corrected chi connectivity index (χ1v) is 6.52. The van der Waals surface area contributed by atoms with Crippen LogP contribution in [0, 0.1) is 12.8 Å². The molecule has 1 heteroatoms. The van der Waals surface area contributed by atoms with E-state index in [4.69, 9.17) is 0 Å². The van der Waals surface area contributed by atoms with Gasteiger partial charge in [0.05, 0.1) is 5.69 Å². The van der Waals surface area contributed by atoms with Gasteiger partial charge in [-0.25, -0.2) is 0 Å². The number of hydrogen-bond acceptors (Lipinski definition) is 1. The van der Waals surface area contributed by atoms with E-state index in [1.807, 2.05) is 24.4 Å². The third-order valence-electron chi connectivity index (χ3n) is 3.12. The van der Waals surface area contributed by atoms with Crippen LogP contribution in [0.1, 0.15) is 38.4 Å². The van der Waals surface area contributed by atoms with Crippen LogP contribution in [0.2, 0.25) is 0 Å². The molecule has 0 spiro atoms. The Kier molecular flexibility index (Phi) is 5.57. The van der Waals surface area contributed by atoms with Crippen LogP contribution in [0.4, 0.5) is 0 Å². The van der Waals surface area contributed by atoms with Crippen molar-refractivity contribution in [3.8, 4) is 0 Å². The molecule has 1 aromatic rings. The lowest BCUT2D eigenvalue weighted by molar-refractivity contribution is 0.714. The molecule has 0 saturated carbocycles. The van der Waals surface area contributed by atoms with Crippen LogP contribution in [0.3, 0.4) is 0 Å². The molecule has 1 nitrogen and oxygen atoms in total. The van der Waals surface area contributed by atoms with Crippen LogP contribution in [0.15, 0.2) is 48.7 Å². The lowest BCUT2D eigenvalue weighted by Gasteiger charge is -2.14. The smallest absolute Gasteiger partial charge is 0.0667 e. The summed E-state index contributed by atoms with van der Waals surface area (Å²) in [5, 5.41) is 0. The van der Waals surface area contributed by atoms with Crippen LogP contribution in [0.25, 0.3) is 5.57 Å². The van der Waals surface area contributed by atoms with E-state index >= 15 is 0 Å². The Balaban J connectivity index is 3.21. The lowest BCUT2D eigenvalue weighted by atomic mass is 9.93. The van der Waals surface area contributed by atoms with Gasteiger partial charge in [-0.05, 0) is 49.5 Å². The monoisotopic (exact) mass is 241 g/mol. The fourth-order valence-electron chi connectivity index (χ4n) is 1.86. The highest BCUT2D eigenvalue weighted by Crippen LogP contribution is 2.26. The summed E-state index contributed by atoms with van der Waals surface area (Å²) in [5.41, 5.74) is 4.85. The van der Waals surface area contributed by atoms with Crippen LogP contribution < -0.4 is 0 Å². The summed E-state index contributed by atoms with van der Waals surface area (Å²) >= 11 is 0. The summed E-state index contributed by atoms with van der Waals surface area (Å²) in [6.45, 7) is 12.4. The van der Waals surface area contributed by atoms with Crippen molar-refractivity contribution in [2.24, 2.45) is 5.92 Å². The molecule has 0 aliphatic carbocycles. The maximum atomic E-state index is 4.50. The van der Waals surface area contributed by atoms with Crippen molar-refractivity contribution < 1.29 is 0 Å². The predicted molar refractivity (Wildman–Crippen MR) is 80.4 cm³/mol. The number of pyridine rings is 1. The number of aromatic nitrogens is 1. The van der Waals surface area contributed by atoms with E-state index in [0.717, 1.165) is 12.1 Å². The minimum Gasteiger partial charge on any atom is -0.257 e. The summed E-state index contributed by atoms with van der Waals surface area (Å²) in [6, 6.07) is 4.18. The molecule has 18 heavy (non-hydrogen) atoms. The molecule has 96 valence electrons. The van der Waals surface area contributed by atoms with Gasteiger partial charge < -0.3 is 0 Å². The molecule has 1 unspecified atom stereocenters. The summed E-state index contributed by atoms with van der Waals surface area (Å²) in [6.07, 6.45) is 9.07. The number of hydrogen-bond donors (Lipinski definition) is 0. The zero-order chi connectivity index (χ0) is 13.5. The van der Waals surface area contributed by atoms with E-state index in [1.165, 1.54) is 16.7 Å². The van der Waals surface area contributed by atoms with Crippen molar-refractivity contribution in [1.82, 2.24) is 4.98 Å². The van der Waals surface area contributed by atoms with Crippen LogP contribution in [-0.2, 0) is 0 Å². The first-order valence-electron chi connectivity index (χ1n) is 6.52. The van der Waals surface area contributed by atoms with Gasteiger partial charge in [0.2, 0.25) is 0 Å². The average Bonchev–Trinajstić information content (AvgIpc) is 2.35. The van der Waals surface area contributed by atoms with Gasteiger partial charge in [-0.1, -0.05) is 44.2 Å². The second kappa shape index (κ2) is 6.95. The third-order valence-corrected chi connectivity index (χ3v) is 3.12. The molecule has 0 fully saturated rings. The number of aryl methyl sites for hydroxylation is 1. The van der Waals surface area contributed by atoms with Gasteiger partial charge in [0.15, 0.2) is 0 Å².